The molecule has 4 rings (SSSR count). The minimum Gasteiger partial charge on any atom is -0.294 e. The summed E-state index contributed by atoms with van der Waals surface area (Å²) in [5.74, 6) is -2.96. The number of allylic oxidation sites excluding steroid dienone is 2. The summed E-state index contributed by atoms with van der Waals surface area (Å²) in [5, 5.41) is 11.2. The molecule has 8 heteroatoms. The summed E-state index contributed by atoms with van der Waals surface area (Å²) < 4.78 is 28.1. The Balaban J connectivity index is 1.92. The number of carbonyl (C=O) groups excluding carboxylic acids is 2. The molecule has 0 saturated heterocycles. The van der Waals surface area contributed by atoms with Gasteiger partial charge in [0.15, 0.2) is 5.78 Å². The fourth-order valence-electron chi connectivity index (χ4n) is 4.50. The molecule has 0 spiro atoms. The van der Waals surface area contributed by atoms with Gasteiger partial charge in [0.25, 0.3) is 5.69 Å². The largest absolute Gasteiger partial charge is 0.294 e. The molecule has 1 amide bonds. The summed E-state index contributed by atoms with van der Waals surface area (Å²) in [5.41, 5.74) is 0.518. The van der Waals surface area contributed by atoms with E-state index in [2.05, 4.69) is 0 Å². The highest BCUT2D eigenvalue weighted by Crippen LogP contribution is 2.48. The number of carbonyl (C=O) groups is 2. The van der Waals surface area contributed by atoms with Crippen molar-refractivity contribution in [1.82, 2.24) is 0 Å². The van der Waals surface area contributed by atoms with E-state index >= 15 is 0 Å². The van der Waals surface area contributed by atoms with Crippen LogP contribution < -0.4 is 4.90 Å². The molecule has 1 atom stereocenters. The Hall–Kier alpha value is -3.42. The molecule has 0 bridgehead atoms. The summed E-state index contributed by atoms with van der Waals surface area (Å²) >= 11 is 0. The van der Waals surface area contributed by atoms with E-state index in [9.17, 15) is 28.5 Å². The second kappa shape index (κ2) is 7.37. The lowest BCUT2D eigenvalue weighted by molar-refractivity contribution is -0.384. The minimum atomic E-state index is -0.898. The lowest BCUT2D eigenvalue weighted by atomic mass is 9.69. The first kappa shape index (κ1) is 20.8. The molecule has 1 heterocycles. The van der Waals surface area contributed by atoms with Gasteiger partial charge in [-0.05, 0) is 29.5 Å². The lowest BCUT2D eigenvalue weighted by Gasteiger charge is -2.43. The van der Waals surface area contributed by atoms with Gasteiger partial charge in [0.2, 0.25) is 5.91 Å². The number of hydrogen-bond acceptors (Lipinski definition) is 4. The first-order valence-corrected chi connectivity index (χ1v) is 9.86. The number of non-ortho nitro benzene ring substituents is 1. The molecule has 160 valence electrons. The van der Waals surface area contributed by atoms with Crippen LogP contribution in [-0.4, -0.2) is 16.6 Å². The molecular formula is C23H20F2N2O4. The number of halogens is 2. The first-order valence-electron chi connectivity index (χ1n) is 9.86. The molecule has 2 aromatic rings. The maximum atomic E-state index is 14.6. The third-order valence-corrected chi connectivity index (χ3v) is 5.78. The average molecular weight is 426 g/mol. The Bertz CT molecular complexity index is 1160. The standard InChI is InChI=1S/C23H20F2N2O4/c1-23(2)11-19-22(20(28)12-23)16(13-4-3-5-15(8-13)27(30)31)10-21(29)26(19)18-7-6-14(24)9-17(18)25/h3-9,16H,10-12H2,1-2H3. The minimum absolute atomic E-state index is 0.109. The van der Waals surface area contributed by atoms with Crippen LogP contribution in [0.2, 0.25) is 0 Å². The predicted octanol–water partition coefficient (Wildman–Crippen LogP) is 5.04. The maximum absolute atomic E-state index is 14.6. The maximum Gasteiger partial charge on any atom is 0.269 e. The van der Waals surface area contributed by atoms with Crippen molar-refractivity contribution in [3.8, 4) is 0 Å². The molecule has 6 nitrogen and oxygen atoms in total. The Morgan fingerprint density at radius 3 is 2.52 bits per heavy atom. The third-order valence-electron chi connectivity index (χ3n) is 5.78. The van der Waals surface area contributed by atoms with Gasteiger partial charge in [0.1, 0.15) is 11.6 Å². The molecule has 2 aromatic carbocycles. The number of nitro benzene ring substituents is 1. The predicted molar refractivity (Wildman–Crippen MR) is 109 cm³/mol. The van der Waals surface area contributed by atoms with E-state index in [4.69, 9.17) is 0 Å². The van der Waals surface area contributed by atoms with Crippen molar-refractivity contribution in [3.63, 3.8) is 0 Å². The second-order valence-electron chi connectivity index (χ2n) is 8.74. The van der Waals surface area contributed by atoms with E-state index in [1.54, 1.807) is 6.07 Å². The SMILES string of the molecule is CC1(C)CC(=O)C2=C(C1)N(c1ccc(F)cc1F)C(=O)CC2c1cccc([N+](=O)[O-])c1. The molecule has 1 aliphatic heterocycles. The van der Waals surface area contributed by atoms with Gasteiger partial charge in [0, 0.05) is 48.2 Å². The van der Waals surface area contributed by atoms with Gasteiger partial charge in [0.05, 0.1) is 10.6 Å². The second-order valence-corrected chi connectivity index (χ2v) is 8.74. The number of Topliss-reactive ketones (excluding diaryl/α,β-unsaturated/α-hetero) is 1. The van der Waals surface area contributed by atoms with Crippen LogP contribution in [0, 0.1) is 27.2 Å². The fraction of sp³-hybridized carbons (Fsp3) is 0.304. The molecule has 0 aromatic heterocycles. The van der Waals surface area contributed by atoms with Crippen molar-refractivity contribution in [2.75, 3.05) is 4.90 Å². The van der Waals surface area contributed by atoms with E-state index in [0.717, 1.165) is 6.07 Å². The van der Waals surface area contributed by atoms with E-state index in [1.807, 2.05) is 13.8 Å². The van der Waals surface area contributed by atoms with E-state index in [-0.39, 0.29) is 30.0 Å². The summed E-state index contributed by atoms with van der Waals surface area (Å²) in [7, 11) is 0. The number of benzene rings is 2. The van der Waals surface area contributed by atoms with Crippen LogP contribution in [0.4, 0.5) is 20.2 Å². The highest BCUT2D eigenvalue weighted by atomic mass is 19.1. The fourth-order valence-corrected chi connectivity index (χ4v) is 4.50. The van der Waals surface area contributed by atoms with E-state index in [0.29, 0.717) is 29.3 Å². The summed E-state index contributed by atoms with van der Waals surface area (Å²) in [6.07, 6.45) is 0.427. The zero-order valence-corrected chi connectivity index (χ0v) is 17.0. The van der Waals surface area contributed by atoms with Crippen molar-refractivity contribution in [2.45, 2.75) is 39.0 Å². The van der Waals surface area contributed by atoms with E-state index < -0.39 is 33.8 Å². The molecule has 0 radical (unpaired) electrons. The zero-order chi connectivity index (χ0) is 22.5. The van der Waals surface area contributed by atoms with E-state index in [1.165, 1.54) is 29.2 Å². The van der Waals surface area contributed by atoms with Crippen LogP contribution in [0.5, 0.6) is 0 Å². The topological polar surface area (TPSA) is 80.5 Å². The Morgan fingerprint density at radius 1 is 1.10 bits per heavy atom. The summed E-state index contributed by atoms with van der Waals surface area (Å²) in [6.45, 7) is 3.77. The Labute approximate surface area is 177 Å². The quantitative estimate of drug-likeness (QED) is 0.509. The molecule has 1 aliphatic carbocycles. The van der Waals surface area contributed by atoms with Gasteiger partial charge in [-0.2, -0.15) is 0 Å². The number of amides is 1. The molecule has 0 saturated carbocycles. The van der Waals surface area contributed by atoms with Crippen LogP contribution in [0.15, 0.2) is 53.7 Å². The van der Waals surface area contributed by atoms with Crippen molar-refractivity contribution in [3.05, 3.63) is 81.0 Å². The Morgan fingerprint density at radius 2 is 1.84 bits per heavy atom. The highest BCUT2D eigenvalue weighted by Gasteiger charge is 2.45. The van der Waals surface area contributed by atoms with Crippen LogP contribution in [0.25, 0.3) is 0 Å². The number of nitrogens with zero attached hydrogens (tertiary/aromatic N) is 2. The molecular weight excluding hydrogens is 406 g/mol. The van der Waals surface area contributed by atoms with Gasteiger partial charge in [-0.3, -0.25) is 24.6 Å². The average Bonchev–Trinajstić information content (AvgIpc) is 2.67. The molecule has 1 unspecified atom stereocenters. The number of rotatable bonds is 3. The summed E-state index contributed by atoms with van der Waals surface area (Å²) in [6, 6.07) is 8.82. The van der Waals surface area contributed by atoms with Crippen LogP contribution >= 0.6 is 0 Å². The zero-order valence-electron chi connectivity index (χ0n) is 17.0. The number of ketones is 1. The molecule has 2 aliphatic rings. The Kier molecular flexibility index (Phi) is 4.95. The number of hydrogen-bond donors (Lipinski definition) is 0. The van der Waals surface area contributed by atoms with Crippen molar-refractivity contribution in [1.29, 1.82) is 0 Å². The van der Waals surface area contributed by atoms with Gasteiger partial charge in [-0.1, -0.05) is 26.0 Å². The molecule has 0 fully saturated rings. The third kappa shape index (κ3) is 3.73. The van der Waals surface area contributed by atoms with Crippen molar-refractivity contribution in [2.24, 2.45) is 5.41 Å². The van der Waals surface area contributed by atoms with Crippen LogP contribution in [-0.2, 0) is 9.59 Å². The van der Waals surface area contributed by atoms with Gasteiger partial charge in [-0.15, -0.1) is 0 Å². The summed E-state index contributed by atoms with van der Waals surface area (Å²) in [4.78, 5) is 38.2. The van der Waals surface area contributed by atoms with Crippen molar-refractivity contribution >= 4 is 23.1 Å². The van der Waals surface area contributed by atoms with Crippen LogP contribution in [0.3, 0.4) is 0 Å². The molecule has 0 N–H and O–H groups in total. The first-order chi connectivity index (χ1) is 14.6. The monoisotopic (exact) mass is 426 g/mol. The molecule has 31 heavy (non-hydrogen) atoms. The van der Waals surface area contributed by atoms with Crippen molar-refractivity contribution < 1.29 is 23.3 Å². The smallest absolute Gasteiger partial charge is 0.269 e. The highest BCUT2D eigenvalue weighted by molar-refractivity contribution is 6.07. The van der Waals surface area contributed by atoms with Gasteiger partial charge >= 0.3 is 0 Å². The number of anilines is 1. The number of nitro groups is 1. The van der Waals surface area contributed by atoms with Gasteiger partial charge in [-0.25, -0.2) is 8.78 Å². The van der Waals surface area contributed by atoms with Crippen LogP contribution in [0.1, 0.15) is 44.6 Å². The normalized spacial score (nSPS) is 20.6. The lowest BCUT2D eigenvalue weighted by Crippen LogP contribution is -2.44. The van der Waals surface area contributed by atoms with Gasteiger partial charge < -0.3 is 0 Å².